The summed E-state index contributed by atoms with van der Waals surface area (Å²) in [6.07, 6.45) is 6.29. The molecule has 0 saturated carbocycles. The molecule has 2 aromatic rings. The van der Waals surface area contributed by atoms with E-state index in [2.05, 4.69) is 10.4 Å². The van der Waals surface area contributed by atoms with Crippen molar-refractivity contribution in [2.24, 2.45) is 7.05 Å². The van der Waals surface area contributed by atoms with E-state index in [0.29, 0.717) is 0 Å². The van der Waals surface area contributed by atoms with Gasteiger partial charge in [-0.3, -0.25) is 9.48 Å². The third kappa shape index (κ3) is 4.02. The van der Waals surface area contributed by atoms with Crippen molar-refractivity contribution in [3.63, 3.8) is 0 Å². The zero-order valence-electron chi connectivity index (χ0n) is 15.3. The highest BCUT2D eigenvalue weighted by Crippen LogP contribution is 2.24. The first-order valence-electron chi connectivity index (χ1n) is 8.70. The van der Waals surface area contributed by atoms with E-state index in [9.17, 15) is 9.59 Å². The van der Waals surface area contributed by atoms with Crippen molar-refractivity contribution in [2.75, 3.05) is 11.9 Å². The first kappa shape index (κ1) is 17.9. The molecule has 0 fully saturated rings. The number of hydrogen-bond acceptors (Lipinski definition) is 4. The quantitative estimate of drug-likeness (QED) is 0.663. The number of carbonyl (C=O) groups is 2. The fourth-order valence-electron chi connectivity index (χ4n) is 3.21. The van der Waals surface area contributed by atoms with Crippen LogP contribution >= 0.6 is 0 Å². The standard InChI is InChI=1S/C20H23N3O3/c1-13-18(14(2)23(3)22-13)9-10-20(25)26-12-19(24)21-17-8-7-15-5-4-6-16(15)11-17/h7-11H,4-6,12H2,1-3H3,(H,21,24)/b10-9+. The Balaban J connectivity index is 1.51. The van der Waals surface area contributed by atoms with Crippen LogP contribution in [0, 0.1) is 13.8 Å². The molecule has 1 aliphatic rings. The summed E-state index contributed by atoms with van der Waals surface area (Å²) < 4.78 is 6.77. The summed E-state index contributed by atoms with van der Waals surface area (Å²) in [4.78, 5) is 23.8. The average Bonchev–Trinajstić information content (AvgIpc) is 3.16. The molecule has 1 aromatic heterocycles. The lowest BCUT2D eigenvalue weighted by atomic mass is 10.1. The van der Waals surface area contributed by atoms with E-state index in [-0.39, 0.29) is 12.5 Å². The zero-order chi connectivity index (χ0) is 18.7. The molecule has 1 heterocycles. The van der Waals surface area contributed by atoms with Gasteiger partial charge in [-0.1, -0.05) is 6.07 Å². The lowest BCUT2D eigenvalue weighted by Gasteiger charge is -2.07. The van der Waals surface area contributed by atoms with Gasteiger partial charge in [0.25, 0.3) is 5.91 Å². The lowest BCUT2D eigenvalue weighted by Crippen LogP contribution is -2.20. The second kappa shape index (κ2) is 7.56. The third-order valence-corrected chi connectivity index (χ3v) is 4.68. The third-order valence-electron chi connectivity index (χ3n) is 4.68. The van der Waals surface area contributed by atoms with Crippen molar-refractivity contribution < 1.29 is 14.3 Å². The Morgan fingerprint density at radius 2 is 2.04 bits per heavy atom. The van der Waals surface area contributed by atoms with Gasteiger partial charge in [-0.25, -0.2) is 4.79 Å². The Morgan fingerprint density at radius 3 is 2.77 bits per heavy atom. The van der Waals surface area contributed by atoms with Gasteiger partial charge in [0.05, 0.1) is 5.69 Å². The minimum atomic E-state index is -0.559. The monoisotopic (exact) mass is 353 g/mol. The number of carbonyl (C=O) groups excluding carboxylic acids is 2. The van der Waals surface area contributed by atoms with E-state index >= 15 is 0 Å². The summed E-state index contributed by atoms with van der Waals surface area (Å²) >= 11 is 0. The number of aryl methyl sites for hydroxylation is 4. The summed E-state index contributed by atoms with van der Waals surface area (Å²) in [6, 6.07) is 5.93. The van der Waals surface area contributed by atoms with Gasteiger partial charge in [-0.05, 0) is 62.4 Å². The Bertz CT molecular complexity index is 881. The average molecular weight is 353 g/mol. The number of rotatable bonds is 5. The molecule has 0 unspecified atom stereocenters. The van der Waals surface area contributed by atoms with Crippen LogP contribution in [0.5, 0.6) is 0 Å². The Hall–Kier alpha value is -2.89. The number of hydrogen-bond donors (Lipinski definition) is 1. The van der Waals surface area contributed by atoms with Crippen molar-refractivity contribution in [1.29, 1.82) is 0 Å². The number of ether oxygens (including phenoxy) is 1. The van der Waals surface area contributed by atoms with Crippen LogP contribution in [0.1, 0.15) is 34.5 Å². The fourth-order valence-corrected chi connectivity index (χ4v) is 3.21. The molecule has 0 aliphatic heterocycles. The van der Waals surface area contributed by atoms with E-state index in [0.717, 1.165) is 41.9 Å². The maximum absolute atomic E-state index is 12.0. The van der Waals surface area contributed by atoms with Crippen molar-refractivity contribution in [1.82, 2.24) is 9.78 Å². The van der Waals surface area contributed by atoms with Gasteiger partial charge in [0, 0.05) is 30.1 Å². The molecule has 1 aromatic carbocycles. The van der Waals surface area contributed by atoms with Gasteiger partial charge in [-0.2, -0.15) is 5.10 Å². The maximum Gasteiger partial charge on any atom is 0.331 e. The van der Waals surface area contributed by atoms with E-state index in [1.54, 1.807) is 10.8 Å². The van der Waals surface area contributed by atoms with Gasteiger partial charge < -0.3 is 10.1 Å². The topological polar surface area (TPSA) is 73.2 Å². The molecular formula is C20H23N3O3. The van der Waals surface area contributed by atoms with Crippen LogP contribution in [0.15, 0.2) is 24.3 Å². The van der Waals surface area contributed by atoms with Crippen LogP contribution in [0.25, 0.3) is 6.08 Å². The first-order valence-corrected chi connectivity index (χ1v) is 8.70. The minimum absolute atomic E-state index is 0.314. The molecule has 0 saturated heterocycles. The molecular weight excluding hydrogens is 330 g/mol. The Morgan fingerprint density at radius 1 is 1.27 bits per heavy atom. The summed E-state index contributed by atoms with van der Waals surface area (Å²) in [5.74, 6) is -0.907. The molecule has 0 atom stereocenters. The number of esters is 1. The predicted octanol–water partition coefficient (Wildman–Crippen LogP) is 2.72. The number of aromatic nitrogens is 2. The van der Waals surface area contributed by atoms with Crippen LogP contribution in [0.2, 0.25) is 0 Å². The van der Waals surface area contributed by atoms with Crippen molar-refractivity contribution in [3.8, 4) is 0 Å². The second-order valence-corrected chi connectivity index (χ2v) is 6.53. The SMILES string of the molecule is Cc1nn(C)c(C)c1/C=C/C(=O)OCC(=O)Nc1ccc2c(c1)CCC2. The van der Waals surface area contributed by atoms with E-state index in [1.807, 2.05) is 39.1 Å². The molecule has 3 rings (SSSR count). The van der Waals surface area contributed by atoms with Crippen LogP contribution in [0.4, 0.5) is 5.69 Å². The highest BCUT2D eigenvalue weighted by atomic mass is 16.5. The highest BCUT2D eigenvalue weighted by molar-refractivity contribution is 5.94. The molecule has 1 amide bonds. The number of anilines is 1. The van der Waals surface area contributed by atoms with Crippen LogP contribution < -0.4 is 5.32 Å². The smallest absolute Gasteiger partial charge is 0.331 e. The maximum atomic E-state index is 12.0. The van der Waals surface area contributed by atoms with Gasteiger partial charge >= 0.3 is 5.97 Å². The molecule has 26 heavy (non-hydrogen) atoms. The number of fused-ring (bicyclic) bond motifs is 1. The number of nitrogens with zero attached hydrogens (tertiary/aromatic N) is 2. The van der Waals surface area contributed by atoms with Gasteiger partial charge in [0.2, 0.25) is 0 Å². The minimum Gasteiger partial charge on any atom is -0.452 e. The molecule has 0 bridgehead atoms. The molecule has 6 heteroatoms. The fraction of sp³-hybridized carbons (Fsp3) is 0.350. The Labute approximate surface area is 152 Å². The summed E-state index contributed by atoms with van der Waals surface area (Å²) in [5.41, 5.74) is 6.05. The van der Waals surface area contributed by atoms with E-state index in [4.69, 9.17) is 4.74 Å². The molecule has 0 radical (unpaired) electrons. The van der Waals surface area contributed by atoms with Crippen LogP contribution in [-0.2, 0) is 34.2 Å². The molecule has 136 valence electrons. The van der Waals surface area contributed by atoms with E-state index in [1.165, 1.54) is 17.2 Å². The normalized spacial score (nSPS) is 13.0. The van der Waals surface area contributed by atoms with Crippen molar-refractivity contribution in [2.45, 2.75) is 33.1 Å². The second-order valence-electron chi connectivity index (χ2n) is 6.53. The van der Waals surface area contributed by atoms with Gasteiger partial charge in [0.1, 0.15) is 0 Å². The molecule has 0 spiro atoms. The number of amides is 1. The molecule has 6 nitrogen and oxygen atoms in total. The number of benzene rings is 1. The molecule has 1 aliphatic carbocycles. The van der Waals surface area contributed by atoms with E-state index < -0.39 is 5.97 Å². The van der Waals surface area contributed by atoms with Gasteiger partial charge in [0.15, 0.2) is 6.61 Å². The van der Waals surface area contributed by atoms with Gasteiger partial charge in [-0.15, -0.1) is 0 Å². The van der Waals surface area contributed by atoms with Crippen LogP contribution in [0.3, 0.4) is 0 Å². The molecule has 1 N–H and O–H groups in total. The number of nitrogens with one attached hydrogen (secondary N) is 1. The van der Waals surface area contributed by atoms with Crippen molar-refractivity contribution in [3.05, 3.63) is 52.4 Å². The summed E-state index contributed by atoms with van der Waals surface area (Å²) in [5, 5.41) is 7.05. The highest BCUT2D eigenvalue weighted by Gasteiger charge is 2.12. The zero-order valence-corrected chi connectivity index (χ0v) is 15.3. The van der Waals surface area contributed by atoms with Crippen molar-refractivity contribution >= 4 is 23.6 Å². The predicted molar refractivity (Wildman–Crippen MR) is 99.8 cm³/mol. The largest absolute Gasteiger partial charge is 0.452 e. The summed E-state index contributed by atoms with van der Waals surface area (Å²) in [7, 11) is 1.85. The summed E-state index contributed by atoms with van der Waals surface area (Å²) in [6.45, 7) is 3.49. The Kier molecular flexibility index (Phi) is 5.21. The van der Waals surface area contributed by atoms with Crippen LogP contribution in [-0.4, -0.2) is 28.3 Å². The first-order chi connectivity index (χ1) is 12.4. The lowest BCUT2D eigenvalue weighted by molar-refractivity contribution is -0.142.